The highest BCUT2D eigenvalue weighted by Gasteiger charge is 2.04. The molecule has 0 aliphatic heterocycles. The topological polar surface area (TPSA) is 68.2 Å². The van der Waals surface area contributed by atoms with Gasteiger partial charge in [-0.05, 0) is 18.6 Å². The quantitative estimate of drug-likeness (QED) is 0.844. The Balaban J connectivity index is 1.92. The van der Waals surface area contributed by atoms with Crippen LogP contribution in [0.15, 0.2) is 24.5 Å². The van der Waals surface area contributed by atoms with Gasteiger partial charge in [-0.3, -0.25) is 0 Å². The molecule has 1 aromatic heterocycles. The molecule has 0 aliphatic carbocycles. The molecule has 20 heavy (non-hydrogen) atoms. The summed E-state index contributed by atoms with van der Waals surface area (Å²) >= 11 is 0. The fraction of sp³-hybridized carbons (Fsp3) is 0.429. The summed E-state index contributed by atoms with van der Waals surface area (Å²) in [6.07, 6.45) is 2.71. The molecule has 0 aliphatic rings. The lowest BCUT2D eigenvalue weighted by atomic mass is 10.3. The SMILES string of the molecule is CCCNC(=O)NCCn1cnc2cc(OC)ccc21. The molecule has 0 saturated carbocycles. The van der Waals surface area contributed by atoms with E-state index in [4.69, 9.17) is 4.74 Å². The van der Waals surface area contributed by atoms with Gasteiger partial charge >= 0.3 is 6.03 Å². The zero-order valence-electron chi connectivity index (χ0n) is 11.8. The van der Waals surface area contributed by atoms with Gasteiger partial charge in [0.15, 0.2) is 0 Å². The van der Waals surface area contributed by atoms with Gasteiger partial charge in [0.05, 0.1) is 24.5 Å². The summed E-state index contributed by atoms with van der Waals surface area (Å²) in [5.41, 5.74) is 1.92. The molecule has 1 aromatic carbocycles. The first kappa shape index (κ1) is 14.2. The molecule has 2 aromatic rings. The molecule has 0 spiro atoms. The number of ether oxygens (including phenoxy) is 1. The van der Waals surface area contributed by atoms with Gasteiger partial charge in [0, 0.05) is 25.7 Å². The van der Waals surface area contributed by atoms with E-state index in [0.717, 1.165) is 23.2 Å². The van der Waals surface area contributed by atoms with Crippen molar-refractivity contribution in [2.45, 2.75) is 19.9 Å². The van der Waals surface area contributed by atoms with Gasteiger partial charge in [-0.2, -0.15) is 0 Å². The Kier molecular flexibility index (Phi) is 4.81. The van der Waals surface area contributed by atoms with Crippen LogP contribution < -0.4 is 15.4 Å². The number of aromatic nitrogens is 2. The van der Waals surface area contributed by atoms with E-state index in [1.165, 1.54) is 0 Å². The van der Waals surface area contributed by atoms with Crippen molar-refractivity contribution in [2.24, 2.45) is 0 Å². The van der Waals surface area contributed by atoms with Crippen molar-refractivity contribution in [3.8, 4) is 5.75 Å². The van der Waals surface area contributed by atoms with Crippen LogP contribution in [-0.4, -0.2) is 35.8 Å². The first-order chi connectivity index (χ1) is 9.74. The number of hydrogen-bond acceptors (Lipinski definition) is 3. The van der Waals surface area contributed by atoms with Crippen LogP contribution in [0.5, 0.6) is 5.75 Å². The van der Waals surface area contributed by atoms with E-state index >= 15 is 0 Å². The Labute approximate surface area is 118 Å². The molecule has 0 fully saturated rings. The Morgan fingerprint density at radius 1 is 1.35 bits per heavy atom. The fourth-order valence-electron chi connectivity index (χ4n) is 1.94. The average Bonchev–Trinajstić information content (AvgIpc) is 2.87. The van der Waals surface area contributed by atoms with Gasteiger partial charge in [0.25, 0.3) is 0 Å². The third-order valence-corrected chi connectivity index (χ3v) is 3.00. The van der Waals surface area contributed by atoms with Crippen molar-refractivity contribution < 1.29 is 9.53 Å². The van der Waals surface area contributed by atoms with Crippen molar-refractivity contribution in [3.63, 3.8) is 0 Å². The van der Waals surface area contributed by atoms with Crippen LogP contribution in [0, 0.1) is 0 Å². The second-order valence-electron chi connectivity index (χ2n) is 4.48. The lowest BCUT2D eigenvalue weighted by molar-refractivity contribution is 0.240. The standard InChI is InChI=1S/C14H20N4O2/c1-3-6-15-14(19)16-7-8-18-10-17-12-9-11(20-2)4-5-13(12)18/h4-5,9-10H,3,6-8H2,1-2H3,(H2,15,16,19). The smallest absolute Gasteiger partial charge is 0.314 e. The molecule has 2 amide bonds. The number of carbonyl (C=O) groups excluding carboxylic acids is 1. The lowest BCUT2D eigenvalue weighted by Crippen LogP contribution is -2.37. The van der Waals surface area contributed by atoms with E-state index in [9.17, 15) is 4.79 Å². The molecule has 0 atom stereocenters. The Morgan fingerprint density at radius 3 is 2.90 bits per heavy atom. The molecule has 0 saturated heterocycles. The zero-order valence-corrected chi connectivity index (χ0v) is 11.8. The minimum atomic E-state index is -0.127. The lowest BCUT2D eigenvalue weighted by Gasteiger charge is -2.08. The van der Waals surface area contributed by atoms with Crippen LogP contribution >= 0.6 is 0 Å². The van der Waals surface area contributed by atoms with Gasteiger partial charge in [0.1, 0.15) is 5.75 Å². The highest BCUT2D eigenvalue weighted by atomic mass is 16.5. The summed E-state index contributed by atoms with van der Waals surface area (Å²) in [4.78, 5) is 15.7. The first-order valence-electron chi connectivity index (χ1n) is 6.75. The van der Waals surface area contributed by atoms with E-state index < -0.39 is 0 Å². The Bertz CT molecular complexity index is 580. The molecule has 6 nitrogen and oxygen atoms in total. The number of nitrogens with zero attached hydrogens (tertiary/aromatic N) is 2. The minimum Gasteiger partial charge on any atom is -0.497 e. The van der Waals surface area contributed by atoms with Crippen molar-refractivity contribution in [1.82, 2.24) is 20.2 Å². The molecule has 108 valence electrons. The van der Waals surface area contributed by atoms with Crippen molar-refractivity contribution >= 4 is 17.1 Å². The van der Waals surface area contributed by atoms with E-state index in [1.807, 2.05) is 29.7 Å². The van der Waals surface area contributed by atoms with E-state index in [-0.39, 0.29) is 6.03 Å². The molecule has 1 heterocycles. The molecule has 0 bridgehead atoms. The zero-order chi connectivity index (χ0) is 14.4. The van der Waals surface area contributed by atoms with Crippen molar-refractivity contribution in [1.29, 1.82) is 0 Å². The van der Waals surface area contributed by atoms with Gasteiger partial charge in [-0.25, -0.2) is 9.78 Å². The second kappa shape index (κ2) is 6.79. The van der Waals surface area contributed by atoms with E-state index in [1.54, 1.807) is 13.4 Å². The van der Waals surface area contributed by atoms with Gasteiger partial charge < -0.3 is 19.9 Å². The summed E-state index contributed by atoms with van der Waals surface area (Å²) in [6, 6.07) is 5.64. The number of carbonyl (C=O) groups is 1. The van der Waals surface area contributed by atoms with Crippen LogP contribution in [0.25, 0.3) is 11.0 Å². The van der Waals surface area contributed by atoms with E-state index in [0.29, 0.717) is 19.6 Å². The summed E-state index contributed by atoms with van der Waals surface area (Å²) in [5.74, 6) is 0.791. The number of imidazole rings is 1. The third kappa shape index (κ3) is 3.40. The second-order valence-corrected chi connectivity index (χ2v) is 4.48. The first-order valence-corrected chi connectivity index (χ1v) is 6.75. The van der Waals surface area contributed by atoms with Crippen LogP contribution in [-0.2, 0) is 6.54 Å². The van der Waals surface area contributed by atoms with Gasteiger partial charge in [0.2, 0.25) is 0 Å². The van der Waals surface area contributed by atoms with Crippen LogP contribution in [0.3, 0.4) is 0 Å². The maximum Gasteiger partial charge on any atom is 0.314 e. The van der Waals surface area contributed by atoms with Crippen LogP contribution in [0.2, 0.25) is 0 Å². The summed E-state index contributed by atoms with van der Waals surface area (Å²) in [6.45, 7) is 3.96. The number of nitrogens with one attached hydrogen (secondary N) is 2. The number of urea groups is 1. The number of benzene rings is 1. The number of amides is 2. The Morgan fingerprint density at radius 2 is 2.15 bits per heavy atom. The number of hydrogen-bond donors (Lipinski definition) is 2. The molecule has 0 radical (unpaired) electrons. The highest BCUT2D eigenvalue weighted by Crippen LogP contribution is 2.19. The molecular weight excluding hydrogens is 256 g/mol. The van der Waals surface area contributed by atoms with Crippen molar-refractivity contribution in [3.05, 3.63) is 24.5 Å². The average molecular weight is 276 g/mol. The van der Waals surface area contributed by atoms with Crippen molar-refractivity contribution in [2.75, 3.05) is 20.2 Å². The number of methoxy groups -OCH3 is 1. The monoisotopic (exact) mass is 276 g/mol. The summed E-state index contributed by atoms with van der Waals surface area (Å²) < 4.78 is 7.18. The molecule has 2 rings (SSSR count). The predicted octanol–water partition coefficient (Wildman–Crippen LogP) is 1.75. The summed E-state index contributed by atoms with van der Waals surface area (Å²) in [7, 11) is 1.64. The van der Waals surface area contributed by atoms with Crippen LogP contribution in [0.4, 0.5) is 4.79 Å². The van der Waals surface area contributed by atoms with Gasteiger partial charge in [-0.15, -0.1) is 0 Å². The Hall–Kier alpha value is -2.24. The van der Waals surface area contributed by atoms with E-state index in [2.05, 4.69) is 15.6 Å². The van der Waals surface area contributed by atoms with Gasteiger partial charge in [-0.1, -0.05) is 6.92 Å². The number of fused-ring (bicyclic) bond motifs is 1. The predicted molar refractivity (Wildman–Crippen MR) is 78.0 cm³/mol. The maximum absolute atomic E-state index is 11.4. The normalized spacial score (nSPS) is 10.5. The molecule has 0 unspecified atom stereocenters. The molecule has 6 heteroatoms. The maximum atomic E-state index is 11.4. The third-order valence-electron chi connectivity index (χ3n) is 3.00. The number of rotatable bonds is 6. The summed E-state index contributed by atoms with van der Waals surface area (Å²) in [5, 5.41) is 5.59. The fourth-order valence-corrected chi connectivity index (χ4v) is 1.94. The highest BCUT2D eigenvalue weighted by molar-refractivity contribution is 5.77. The molecule has 2 N–H and O–H groups in total. The van der Waals surface area contributed by atoms with Crippen LogP contribution in [0.1, 0.15) is 13.3 Å². The minimum absolute atomic E-state index is 0.127. The largest absolute Gasteiger partial charge is 0.497 e. The molecular formula is C14H20N4O2.